The molecule has 0 saturated carbocycles. The Morgan fingerprint density at radius 1 is 1.40 bits per heavy atom. The number of carbonyl (C=O) groups excluding carboxylic acids is 1. The molecule has 1 rings (SSSR count). The van der Waals surface area contributed by atoms with Crippen LogP contribution in [0.1, 0.15) is 10.4 Å². The summed E-state index contributed by atoms with van der Waals surface area (Å²) in [6.07, 6.45) is 0.967. The van der Waals surface area contributed by atoms with Gasteiger partial charge in [0.2, 0.25) is 6.86 Å². The zero-order valence-corrected chi connectivity index (χ0v) is 8.75. The fourth-order valence-electron chi connectivity index (χ4n) is 1.09. The number of rotatable bonds is 3. The zero-order valence-electron chi connectivity index (χ0n) is 7.94. The molecule has 0 amide bonds. The predicted molar refractivity (Wildman–Crippen MR) is 50.9 cm³/mol. The van der Waals surface area contributed by atoms with Gasteiger partial charge in [0, 0.05) is 6.26 Å². The molecule has 0 aliphatic heterocycles. The molecule has 0 fully saturated rings. The molecule has 0 heterocycles. The largest absolute Gasteiger partial charge is 0.430 e. The topological polar surface area (TPSA) is 60.4 Å². The summed E-state index contributed by atoms with van der Waals surface area (Å²) >= 11 is 0. The van der Waals surface area contributed by atoms with E-state index in [1.54, 1.807) is 0 Å². The number of hydrogen-bond donors (Lipinski definition) is 0. The van der Waals surface area contributed by atoms with Gasteiger partial charge in [0.15, 0.2) is 9.84 Å². The summed E-state index contributed by atoms with van der Waals surface area (Å²) in [5.74, 6) is -0.987. The van der Waals surface area contributed by atoms with Gasteiger partial charge >= 0.3 is 5.97 Å². The first-order chi connectivity index (χ1) is 6.96. The van der Waals surface area contributed by atoms with Crippen molar-refractivity contribution in [3.8, 4) is 0 Å². The standard InChI is InChI=1S/C9H9FO4S/c1-15(12,13)8-5-3-2-4-7(8)9(11)14-6-10/h2-5H,6H2,1H3. The van der Waals surface area contributed by atoms with Crippen LogP contribution in [-0.2, 0) is 14.6 Å². The lowest BCUT2D eigenvalue weighted by Crippen LogP contribution is -2.10. The van der Waals surface area contributed by atoms with Crippen molar-refractivity contribution in [1.82, 2.24) is 0 Å². The van der Waals surface area contributed by atoms with Crippen LogP contribution in [0.15, 0.2) is 29.2 Å². The van der Waals surface area contributed by atoms with E-state index in [4.69, 9.17) is 0 Å². The molecule has 0 N–H and O–H groups in total. The van der Waals surface area contributed by atoms with E-state index in [0.717, 1.165) is 6.26 Å². The van der Waals surface area contributed by atoms with Gasteiger partial charge in [0.1, 0.15) is 0 Å². The monoisotopic (exact) mass is 232 g/mol. The maximum absolute atomic E-state index is 11.8. The highest BCUT2D eigenvalue weighted by Crippen LogP contribution is 2.16. The summed E-state index contributed by atoms with van der Waals surface area (Å²) in [6, 6.07) is 5.49. The summed E-state index contributed by atoms with van der Waals surface area (Å²) in [5.41, 5.74) is -0.155. The van der Waals surface area contributed by atoms with Gasteiger partial charge in [-0.1, -0.05) is 12.1 Å². The number of sulfone groups is 1. The summed E-state index contributed by atoms with van der Waals surface area (Å²) < 4.78 is 38.4. The molecular weight excluding hydrogens is 223 g/mol. The number of halogens is 1. The molecule has 0 saturated heterocycles. The molecule has 0 aliphatic rings. The third kappa shape index (κ3) is 2.76. The van der Waals surface area contributed by atoms with Crippen LogP contribution in [0.5, 0.6) is 0 Å². The van der Waals surface area contributed by atoms with Crippen LogP contribution < -0.4 is 0 Å². The normalized spacial score (nSPS) is 11.1. The number of alkyl halides is 1. The molecule has 15 heavy (non-hydrogen) atoms. The van der Waals surface area contributed by atoms with Crippen LogP contribution in [-0.4, -0.2) is 27.5 Å². The Bertz CT molecular complexity index is 467. The van der Waals surface area contributed by atoms with Crippen LogP contribution in [0.3, 0.4) is 0 Å². The molecule has 0 aliphatic carbocycles. The van der Waals surface area contributed by atoms with Gasteiger partial charge in [0.05, 0.1) is 10.5 Å². The minimum Gasteiger partial charge on any atom is -0.430 e. The summed E-state index contributed by atoms with van der Waals surface area (Å²) in [4.78, 5) is 11.0. The van der Waals surface area contributed by atoms with Crippen molar-refractivity contribution in [1.29, 1.82) is 0 Å². The zero-order chi connectivity index (χ0) is 11.5. The van der Waals surface area contributed by atoms with Gasteiger partial charge in [0.25, 0.3) is 0 Å². The second-order valence-electron chi connectivity index (χ2n) is 2.81. The molecule has 0 unspecified atom stereocenters. The highest BCUT2D eigenvalue weighted by molar-refractivity contribution is 7.90. The van der Waals surface area contributed by atoms with Gasteiger partial charge in [-0.2, -0.15) is 0 Å². The van der Waals surface area contributed by atoms with Crippen LogP contribution >= 0.6 is 0 Å². The Kier molecular flexibility index (Phi) is 3.41. The minimum absolute atomic E-state index is 0.155. The van der Waals surface area contributed by atoms with Gasteiger partial charge < -0.3 is 4.74 Å². The van der Waals surface area contributed by atoms with E-state index in [2.05, 4.69) is 4.74 Å². The Morgan fingerprint density at radius 2 is 2.00 bits per heavy atom. The Hall–Kier alpha value is -1.43. The van der Waals surface area contributed by atoms with Crippen molar-refractivity contribution in [3.05, 3.63) is 29.8 Å². The number of ether oxygens (including phenoxy) is 1. The van der Waals surface area contributed by atoms with Crippen LogP contribution in [0.4, 0.5) is 4.39 Å². The molecule has 1 aromatic rings. The van der Waals surface area contributed by atoms with E-state index < -0.39 is 22.7 Å². The first kappa shape index (κ1) is 11.6. The van der Waals surface area contributed by atoms with E-state index >= 15 is 0 Å². The van der Waals surface area contributed by atoms with Crippen molar-refractivity contribution in [2.75, 3.05) is 13.1 Å². The molecule has 0 atom stereocenters. The number of hydrogen-bond acceptors (Lipinski definition) is 4. The van der Waals surface area contributed by atoms with E-state index in [0.29, 0.717) is 0 Å². The lowest BCUT2D eigenvalue weighted by Gasteiger charge is -2.05. The van der Waals surface area contributed by atoms with Crippen LogP contribution in [0.25, 0.3) is 0 Å². The quantitative estimate of drug-likeness (QED) is 0.734. The predicted octanol–water partition coefficient (Wildman–Crippen LogP) is 1.17. The van der Waals surface area contributed by atoms with E-state index in [1.807, 2.05) is 0 Å². The van der Waals surface area contributed by atoms with Crippen molar-refractivity contribution in [2.24, 2.45) is 0 Å². The number of benzene rings is 1. The van der Waals surface area contributed by atoms with E-state index in [1.165, 1.54) is 24.3 Å². The maximum Gasteiger partial charge on any atom is 0.341 e. The summed E-state index contributed by atoms with van der Waals surface area (Å²) in [6.45, 7) is -1.28. The first-order valence-electron chi connectivity index (χ1n) is 3.99. The maximum atomic E-state index is 11.8. The highest BCUT2D eigenvalue weighted by Gasteiger charge is 2.18. The smallest absolute Gasteiger partial charge is 0.341 e. The van der Waals surface area contributed by atoms with Crippen LogP contribution in [0.2, 0.25) is 0 Å². The van der Waals surface area contributed by atoms with Crippen molar-refractivity contribution < 1.29 is 22.3 Å². The van der Waals surface area contributed by atoms with E-state index in [9.17, 15) is 17.6 Å². The van der Waals surface area contributed by atoms with Crippen molar-refractivity contribution in [2.45, 2.75) is 4.90 Å². The first-order valence-corrected chi connectivity index (χ1v) is 5.88. The van der Waals surface area contributed by atoms with E-state index in [-0.39, 0.29) is 10.5 Å². The fraction of sp³-hybridized carbons (Fsp3) is 0.222. The van der Waals surface area contributed by atoms with Gasteiger partial charge in [-0.25, -0.2) is 17.6 Å². The van der Waals surface area contributed by atoms with Gasteiger partial charge in [-0.3, -0.25) is 0 Å². The molecule has 4 nitrogen and oxygen atoms in total. The number of carbonyl (C=O) groups is 1. The van der Waals surface area contributed by atoms with Crippen molar-refractivity contribution in [3.63, 3.8) is 0 Å². The molecule has 0 aromatic heterocycles. The fourth-order valence-corrected chi connectivity index (χ4v) is 1.96. The third-order valence-electron chi connectivity index (χ3n) is 1.69. The lowest BCUT2D eigenvalue weighted by atomic mass is 10.2. The lowest BCUT2D eigenvalue weighted by molar-refractivity contribution is 0.0319. The molecule has 1 aromatic carbocycles. The van der Waals surface area contributed by atoms with Gasteiger partial charge in [-0.05, 0) is 12.1 Å². The number of esters is 1. The second kappa shape index (κ2) is 4.39. The van der Waals surface area contributed by atoms with Crippen LogP contribution in [0, 0.1) is 0 Å². The average Bonchev–Trinajstić information content (AvgIpc) is 2.17. The second-order valence-corrected chi connectivity index (χ2v) is 4.79. The van der Waals surface area contributed by atoms with Crippen molar-refractivity contribution >= 4 is 15.8 Å². The molecule has 82 valence electrons. The Morgan fingerprint density at radius 3 is 2.53 bits per heavy atom. The Labute approximate surface area is 86.6 Å². The molecule has 0 radical (unpaired) electrons. The minimum atomic E-state index is -3.52. The SMILES string of the molecule is CS(=O)(=O)c1ccccc1C(=O)OCF. The summed E-state index contributed by atoms with van der Waals surface area (Å²) in [5, 5.41) is 0. The third-order valence-corrected chi connectivity index (χ3v) is 2.85. The molecule has 0 spiro atoms. The molecule has 0 bridgehead atoms. The Balaban J connectivity index is 3.25. The summed E-state index contributed by atoms with van der Waals surface area (Å²) in [7, 11) is -3.52. The molecular formula is C9H9FO4S. The van der Waals surface area contributed by atoms with Gasteiger partial charge in [-0.15, -0.1) is 0 Å². The average molecular weight is 232 g/mol. The molecule has 6 heteroatoms. The highest BCUT2D eigenvalue weighted by atomic mass is 32.2.